The van der Waals surface area contributed by atoms with Crippen molar-refractivity contribution in [1.29, 1.82) is 0 Å². The monoisotopic (exact) mass is 445 g/mol. The Morgan fingerprint density at radius 1 is 1.30 bits per heavy atom. The van der Waals surface area contributed by atoms with Crippen molar-refractivity contribution >= 4 is 23.1 Å². The maximum Gasteiger partial charge on any atom is 0.261 e. The quantitative estimate of drug-likeness (QED) is 0.628. The Balaban J connectivity index is 1.29. The molecule has 33 heavy (non-hydrogen) atoms. The van der Waals surface area contributed by atoms with Crippen molar-refractivity contribution in [1.82, 2.24) is 19.9 Å². The molecule has 0 bridgehead atoms. The summed E-state index contributed by atoms with van der Waals surface area (Å²) in [6.07, 6.45) is 7.78. The van der Waals surface area contributed by atoms with Gasteiger partial charge in [-0.2, -0.15) is 5.10 Å². The highest BCUT2D eigenvalue weighted by molar-refractivity contribution is 6.08. The molecule has 1 aliphatic carbocycles. The van der Waals surface area contributed by atoms with Gasteiger partial charge in [0.05, 0.1) is 6.20 Å². The molecular formula is C25H27N5O3. The van der Waals surface area contributed by atoms with Crippen LogP contribution in [0.4, 0.5) is 5.69 Å². The van der Waals surface area contributed by atoms with Crippen LogP contribution < -0.4 is 15.4 Å². The fourth-order valence-corrected chi connectivity index (χ4v) is 4.97. The van der Waals surface area contributed by atoms with Crippen LogP contribution in [-0.4, -0.2) is 38.6 Å². The molecule has 1 aromatic carbocycles. The molecule has 4 heterocycles. The number of carbonyl (C=O) groups excluding carboxylic acids is 2. The van der Waals surface area contributed by atoms with Gasteiger partial charge >= 0.3 is 0 Å². The first-order chi connectivity index (χ1) is 15.9. The van der Waals surface area contributed by atoms with Crippen LogP contribution in [0, 0.1) is 5.92 Å². The first-order valence-electron chi connectivity index (χ1n) is 11.6. The number of ether oxygens (including phenoxy) is 1. The maximum absolute atomic E-state index is 13.3. The predicted octanol–water partition coefficient (Wildman–Crippen LogP) is 3.25. The minimum atomic E-state index is -0.231. The number of nitrogens with zero attached hydrogens (tertiary/aromatic N) is 3. The largest absolute Gasteiger partial charge is 0.487 e. The molecular weight excluding hydrogens is 418 g/mol. The summed E-state index contributed by atoms with van der Waals surface area (Å²) in [5.74, 6) is 1.16. The molecule has 8 nitrogen and oxygen atoms in total. The number of hydrogen-bond donors (Lipinski definition) is 2. The molecule has 2 fully saturated rings. The van der Waals surface area contributed by atoms with Gasteiger partial charge in [0.2, 0.25) is 5.91 Å². The molecule has 1 saturated carbocycles. The highest BCUT2D eigenvalue weighted by Gasteiger charge is 2.34. The van der Waals surface area contributed by atoms with Gasteiger partial charge < -0.3 is 15.4 Å². The standard InChI is InChI=1S/C25H27N5O3/c1-25(2)12-16-10-20(18(14-3-4-14)11-21(16)33-25)29-24(32)19-13-27-30-8-6-17(28-22(19)30)9-15-5-7-26-23(15)31/h6,8,10-11,13-15H,3-5,7,9,12H2,1-2H3,(H,26,31)(H,29,32)/t15-/m1/s1. The van der Waals surface area contributed by atoms with Gasteiger partial charge in [0.1, 0.15) is 16.9 Å². The zero-order chi connectivity index (χ0) is 22.7. The molecule has 0 unspecified atom stereocenters. The molecule has 170 valence electrons. The molecule has 1 atom stereocenters. The van der Waals surface area contributed by atoms with Crippen LogP contribution in [0.3, 0.4) is 0 Å². The van der Waals surface area contributed by atoms with Crippen molar-refractivity contribution in [2.75, 3.05) is 11.9 Å². The van der Waals surface area contributed by atoms with Gasteiger partial charge in [-0.3, -0.25) is 9.59 Å². The van der Waals surface area contributed by atoms with E-state index in [0.29, 0.717) is 30.1 Å². The highest BCUT2D eigenvalue weighted by Crippen LogP contribution is 2.48. The second kappa shape index (κ2) is 7.30. The number of nitrogens with one attached hydrogen (secondary N) is 2. The van der Waals surface area contributed by atoms with Crippen molar-refractivity contribution in [2.45, 2.75) is 57.5 Å². The first-order valence-corrected chi connectivity index (χ1v) is 11.6. The number of fused-ring (bicyclic) bond motifs is 2. The van der Waals surface area contributed by atoms with Gasteiger partial charge in [0.25, 0.3) is 5.91 Å². The van der Waals surface area contributed by atoms with Gasteiger partial charge in [-0.25, -0.2) is 9.50 Å². The van der Waals surface area contributed by atoms with E-state index in [-0.39, 0.29) is 23.3 Å². The van der Waals surface area contributed by atoms with Crippen LogP contribution in [0.15, 0.2) is 30.6 Å². The van der Waals surface area contributed by atoms with E-state index in [1.807, 2.05) is 6.07 Å². The molecule has 3 aliphatic rings. The van der Waals surface area contributed by atoms with Gasteiger partial charge in [-0.05, 0) is 62.8 Å². The fraction of sp³-hybridized carbons (Fsp3) is 0.440. The summed E-state index contributed by atoms with van der Waals surface area (Å²) in [6, 6.07) is 6.04. The topological polar surface area (TPSA) is 97.6 Å². The summed E-state index contributed by atoms with van der Waals surface area (Å²) in [5.41, 5.74) is 4.58. The van der Waals surface area contributed by atoms with E-state index >= 15 is 0 Å². The molecule has 8 heteroatoms. The second-order valence-corrected chi connectivity index (χ2v) is 10.0. The van der Waals surface area contributed by atoms with Crippen LogP contribution in [0.2, 0.25) is 0 Å². The number of aromatic nitrogens is 3. The Kier molecular flexibility index (Phi) is 4.47. The summed E-state index contributed by atoms with van der Waals surface area (Å²) in [4.78, 5) is 30.0. The summed E-state index contributed by atoms with van der Waals surface area (Å²) in [6.45, 7) is 4.87. The van der Waals surface area contributed by atoms with E-state index in [2.05, 4.69) is 46.7 Å². The zero-order valence-corrected chi connectivity index (χ0v) is 18.9. The van der Waals surface area contributed by atoms with E-state index in [0.717, 1.165) is 53.9 Å². The molecule has 2 aromatic heterocycles. The third kappa shape index (κ3) is 3.73. The van der Waals surface area contributed by atoms with E-state index in [9.17, 15) is 9.59 Å². The second-order valence-electron chi connectivity index (χ2n) is 10.0. The summed E-state index contributed by atoms with van der Waals surface area (Å²) in [5, 5.41) is 10.3. The van der Waals surface area contributed by atoms with Crippen LogP contribution >= 0.6 is 0 Å². The normalized spacial score (nSPS) is 21.0. The van der Waals surface area contributed by atoms with Crippen molar-refractivity contribution in [3.63, 3.8) is 0 Å². The zero-order valence-electron chi connectivity index (χ0n) is 18.9. The third-order valence-electron chi connectivity index (χ3n) is 6.79. The van der Waals surface area contributed by atoms with Crippen LogP contribution in [0.1, 0.15) is 66.2 Å². The molecule has 2 N–H and O–H groups in total. The Hall–Kier alpha value is -3.42. The van der Waals surface area contributed by atoms with E-state index in [1.165, 1.54) is 0 Å². The average Bonchev–Trinajstić information content (AvgIpc) is 3.28. The van der Waals surface area contributed by atoms with Crippen molar-refractivity contribution in [3.8, 4) is 5.75 Å². The third-order valence-corrected chi connectivity index (χ3v) is 6.79. The van der Waals surface area contributed by atoms with Crippen LogP contribution in [0.5, 0.6) is 5.75 Å². The number of hydrogen-bond acceptors (Lipinski definition) is 5. The molecule has 2 amide bonds. The fourth-order valence-electron chi connectivity index (χ4n) is 4.97. The lowest BCUT2D eigenvalue weighted by Gasteiger charge is -2.17. The van der Waals surface area contributed by atoms with Crippen molar-refractivity contribution < 1.29 is 14.3 Å². The first kappa shape index (κ1) is 20.2. The van der Waals surface area contributed by atoms with Crippen molar-refractivity contribution in [2.24, 2.45) is 5.92 Å². The van der Waals surface area contributed by atoms with Crippen LogP contribution in [0.25, 0.3) is 5.65 Å². The van der Waals surface area contributed by atoms with E-state index in [1.54, 1.807) is 16.9 Å². The molecule has 6 rings (SSSR count). The van der Waals surface area contributed by atoms with Crippen molar-refractivity contribution in [3.05, 3.63) is 53.0 Å². The highest BCUT2D eigenvalue weighted by atomic mass is 16.5. The summed E-state index contributed by atoms with van der Waals surface area (Å²) < 4.78 is 7.72. The number of rotatable bonds is 5. The Morgan fingerprint density at radius 2 is 2.15 bits per heavy atom. The Bertz CT molecular complexity index is 1290. The van der Waals surface area contributed by atoms with E-state index < -0.39 is 0 Å². The van der Waals surface area contributed by atoms with Gasteiger partial charge in [-0.1, -0.05) is 0 Å². The van der Waals surface area contributed by atoms with Gasteiger partial charge in [-0.15, -0.1) is 0 Å². The minimum absolute atomic E-state index is 0.0690. The Morgan fingerprint density at radius 3 is 2.91 bits per heavy atom. The predicted molar refractivity (Wildman–Crippen MR) is 123 cm³/mol. The molecule has 3 aromatic rings. The SMILES string of the molecule is CC1(C)Cc2cc(NC(=O)c3cnn4ccc(C[C@H]5CCNC5=O)nc34)c(C3CC3)cc2O1. The Labute approximate surface area is 191 Å². The molecule has 1 saturated heterocycles. The van der Waals surface area contributed by atoms with Gasteiger partial charge in [0, 0.05) is 48.4 Å². The summed E-state index contributed by atoms with van der Waals surface area (Å²) >= 11 is 0. The number of benzene rings is 1. The lowest BCUT2D eigenvalue weighted by Crippen LogP contribution is -2.24. The average molecular weight is 446 g/mol. The lowest BCUT2D eigenvalue weighted by molar-refractivity contribution is -0.122. The molecule has 0 spiro atoms. The van der Waals surface area contributed by atoms with Gasteiger partial charge in [0.15, 0.2) is 5.65 Å². The number of anilines is 1. The number of carbonyl (C=O) groups is 2. The minimum Gasteiger partial charge on any atom is -0.487 e. The molecule has 0 radical (unpaired) electrons. The molecule has 2 aliphatic heterocycles. The lowest BCUT2D eigenvalue weighted by atomic mass is 9.98. The number of amides is 2. The maximum atomic E-state index is 13.3. The smallest absolute Gasteiger partial charge is 0.261 e. The van der Waals surface area contributed by atoms with E-state index in [4.69, 9.17) is 4.74 Å². The van der Waals surface area contributed by atoms with Crippen LogP contribution in [-0.2, 0) is 17.6 Å². The summed E-state index contributed by atoms with van der Waals surface area (Å²) in [7, 11) is 0.